The van der Waals surface area contributed by atoms with Crippen molar-refractivity contribution in [2.45, 2.75) is 33.6 Å². The molecule has 0 heterocycles. The third kappa shape index (κ3) is 0.522. The van der Waals surface area contributed by atoms with Gasteiger partial charge in [-0.2, -0.15) is 0 Å². The van der Waals surface area contributed by atoms with Gasteiger partial charge in [0.1, 0.15) is 0 Å². The first kappa shape index (κ1) is 6.51. The van der Waals surface area contributed by atoms with Gasteiger partial charge in [0.05, 0.1) is 0 Å². The van der Waals surface area contributed by atoms with Crippen LogP contribution in [-0.2, 0) is 0 Å². The van der Waals surface area contributed by atoms with Gasteiger partial charge in [0.15, 0.2) is 0 Å². The third-order valence-electron chi connectivity index (χ3n) is 5.21. The van der Waals surface area contributed by atoms with Gasteiger partial charge >= 0.3 is 0 Å². The SMILES string of the molecule is CC1CC2C3C(C)C1CC23C. The van der Waals surface area contributed by atoms with Crippen molar-refractivity contribution in [3.63, 3.8) is 0 Å². The summed E-state index contributed by atoms with van der Waals surface area (Å²) in [6, 6.07) is 0. The predicted molar refractivity (Wildman–Crippen MR) is 46.1 cm³/mol. The zero-order valence-corrected chi connectivity index (χ0v) is 7.80. The molecule has 0 N–H and O–H groups in total. The Labute approximate surface area is 69.4 Å². The van der Waals surface area contributed by atoms with Crippen molar-refractivity contribution in [3.8, 4) is 0 Å². The fraction of sp³-hybridized carbons (Fsp3) is 1.00. The smallest absolute Gasteiger partial charge is 0.0258 e. The molecule has 0 radical (unpaired) electrons. The van der Waals surface area contributed by atoms with E-state index in [4.69, 9.17) is 0 Å². The van der Waals surface area contributed by atoms with Crippen molar-refractivity contribution >= 4 is 0 Å². The van der Waals surface area contributed by atoms with Crippen molar-refractivity contribution in [1.29, 1.82) is 0 Å². The van der Waals surface area contributed by atoms with Gasteiger partial charge in [-0.15, -0.1) is 0 Å². The highest BCUT2D eigenvalue weighted by Crippen LogP contribution is 2.78. The summed E-state index contributed by atoms with van der Waals surface area (Å²) in [5.41, 5.74) is 0.830. The van der Waals surface area contributed by atoms with E-state index in [1.165, 1.54) is 0 Å². The maximum Gasteiger partial charge on any atom is -0.0258 e. The molecule has 0 nitrogen and oxygen atoms in total. The summed E-state index contributed by atoms with van der Waals surface area (Å²) < 4.78 is 0. The maximum atomic E-state index is 2.53. The Morgan fingerprint density at radius 3 is 2.36 bits per heavy atom. The van der Waals surface area contributed by atoms with Crippen LogP contribution in [0.2, 0.25) is 0 Å². The normalized spacial score (nSPS) is 71.7. The van der Waals surface area contributed by atoms with Crippen molar-refractivity contribution in [2.24, 2.45) is 35.0 Å². The van der Waals surface area contributed by atoms with Crippen LogP contribution in [0.5, 0.6) is 0 Å². The molecule has 4 saturated carbocycles. The molecule has 4 bridgehead atoms. The largest absolute Gasteiger partial charge is 0.0622 e. The molecule has 0 aromatic heterocycles. The molecule has 6 atom stereocenters. The molecule has 11 heavy (non-hydrogen) atoms. The van der Waals surface area contributed by atoms with Crippen LogP contribution in [-0.4, -0.2) is 0 Å². The molecule has 4 aliphatic carbocycles. The summed E-state index contributed by atoms with van der Waals surface area (Å²) in [7, 11) is 0. The van der Waals surface area contributed by atoms with Crippen molar-refractivity contribution in [3.05, 3.63) is 0 Å². The first-order valence-electron chi connectivity index (χ1n) is 5.14. The molecule has 0 spiro atoms. The predicted octanol–water partition coefficient (Wildman–Crippen LogP) is 2.93. The summed E-state index contributed by atoms with van der Waals surface area (Å²) in [5.74, 6) is 5.48. The van der Waals surface area contributed by atoms with E-state index in [-0.39, 0.29) is 0 Å². The minimum Gasteiger partial charge on any atom is -0.0622 e. The van der Waals surface area contributed by atoms with Crippen LogP contribution in [0.1, 0.15) is 33.6 Å². The minimum absolute atomic E-state index is 0.830. The lowest BCUT2D eigenvalue weighted by molar-refractivity contribution is 0.146. The third-order valence-corrected chi connectivity index (χ3v) is 5.21. The van der Waals surface area contributed by atoms with Crippen LogP contribution >= 0.6 is 0 Å². The lowest BCUT2D eigenvalue weighted by Crippen LogP contribution is -2.27. The quantitative estimate of drug-likeness (QED) is 0.498. The van der Waals surface area contributed by atoms with Crippen molar-refractivity contribution in [2.75, 3.05) is 0 Å². The zero-order valence-electron chi connectivity index (χ0n) is 7.80. The fourth-order valence-corrected chi connectivity index (χ4v) is 4.62. The summed E-state index contributed by atoms with van der Waals surface area (Å²) in [5, 5.41) is 0. The molecular weight excluding hydrogens is 132 g/mol. The summed E-state index contributed by atoms with van der Waals surface area (Å²) in [6.45, 7) is 7.50. The second kappa shape index (κ2) is 1.53. The second-order valence-electron chi connectivity index (χ2n) is 5.58. The number of rotatable bonds is 0. The molecule has 0 aromatic rings. The van der Waals surface area contributed by atoms with Gasteiger partial charge in [-0.3, -0.25) is 0 Å². The van der Waals surface area contributed by atoms with Gasteiger partial charge in [-0.05, 0) is 47.8 Å². The summed E-state index contributed by atoms with van der Waals surface area (Å²) >= 11 is 0. The Kier molecular flexibility index (Phi) is 0.906. The summed E-state index contributed by atoms with van der Waals surface area (Å²) in [6.07, 6.45) is 3.11. The molecule has 0 amide bonds. The Bertz CT molecular complexity index is 206. The highest BCUT2D eigenvalue weighted by molar-refractivity contribution is 5.20. The molecule has 4 aliphatic rings. The molecule has 0 aromatic carbocycles. The average molecular weight is 150 g/mol. The Hall–Kier alpha value is 0. The first-order chi connectivity index (χ1) is 5.14. The van der Waals surface area contributed by atoms with Crippen molar-refractivity contribution in [1.82, 2.24) is 0 Å². The maximum absolute atomic E-state index is 2.53. The lowest BCUT2D eigenvalue weighted by Gasteiger charge is -2.34. The number of hydrogen-bond donors (Lipinski definition) is 0. The van der Waals surface area contributed by atoms with E-state index in [9.17, 15) is 0 Å². The minimum atomic E-state index is 0.830. The van der Waals surface area contributed by atoms with E-state index in [1.807, 2.05) is 0 Å². The monoisotopic (exact) mass is 150 g/mol. The fourth-order valence-electron chi connectivity index (χ4n) is 4.62. The van der Waals surface area contributed by atoms with Crippen LogP contribution in [0.4, 0.5) is 0 Å². The van der Waals surface area contributed by atoms with Crippen LogP contribution in [0.25, 0.3) is 0 Å². The second-order valence-corrected chi connectivity index (χ2v) is 5.58. The van der Waals surface area contributed by atoms with Gasteiger partial charge in [0.2, 0.25) is 0 Å². The van der Waals surface area contributed by atoms with E-state index in [1.54, 1.807) is 12.8 Å². The first-order valence-corrected chi connectivity index (χ1v) is 5.14. The van der Waals surface area contributed by atoms with Gasteiger partial charge in [0.25, 0.3) is 0 Å². The zero-order chi connectivity index (χ0) is 7.80. The van der Waals surface area contributed by atoms with E-state index in [0.29, 0.717) is 0 Å². The van der Waals surface area contributed by atoms with E-state index in [2.05, 4.69) is 20.8 Å². The number of fused-ring (bicyclic) bond motifs is 1. The Morgan fingerprint density at radius 1 is 1.27 bits per heavy atom. The van der Waals surface area contributed by atoms with E-state index in [0.717, 1.165) is 35.0 Å². The Balaban J connectivity index is 1.99. The molecule has 6 unspecified atom stereocenters. The lowest BCUT2D eigenvalue weighted by atomic mass is 9.71. The molecule has 0 saturated heterocycles. The average Bonchev–Trinajstić information content (AvgIpc) is 2.42. The Morgan fingerprint density at radius 2 is 2.00 bits per heavy atom. The topological polar surface area (TPSA) is 0 Å². The molecular formula is C11H18. The molecule has 62 valence electrons. The van der Waals surface area contributed by atoms with Gasteiger partial charge < -0.3 is 0 Å². The van der Waals surface area contributed by atoms with Gasteiger partial charge in [0, 0.05) is 0 Å². The molecule has 4 fully saturated rings. The molecule has 4 rings (SSSR count). The van der Waals surface area contributed by atoms with Crippen LogP contribution in [0.15, 0.2) is 0 Å². The molecule has 0 aliphatic heterocycles. The van der Waals surface area contributed by atoms with E-state index >= 15 is 0 Å². The summed E-state index contributed by atoms with van der Waals surface area (Å²) in [4.78, 5) is 0. The van der Waals surface area contributed by atoms with Crippen LogP contribution in [0.3, 0.4) is 0 Å². The van der Waals surface area contributed by atoms with Crippen molar-refractivity contribution < 1.29 is 0 Å². The standard InChI is InChI=1S/C11H18/c1-6-4-9-10-7(2)8(6)5-11(9,10)3/h6-10H,4-5H2,1-3H3. The van der Waals surface area contributed by atoms with Crippen LogP contribution < -0.4 is 0 Å². The molecule has 0 heteroatoms. The van der Waals surface area contributed by atoms with Gasteiger partial charge in [-0.1, -0.05) is 20.8 Å². The number of hydrogen-bond acceptors (Lipinski definition) is 0. The van der Waals surface area contributed by atoms with E-state index < -0.39 is 0 Å². The highest BCUT2D eigenvalue weighted by atomic mass is 14.8. The van der Waals surface area contributed by atoms with Crippen LogP contribution in [0, 0.1) is 35.0 Å². The highest BCUT2D eigenvalue weighted by Gasteiger charge is 2.72. The van der Waals surface area contributed by atoms with Gasteiger partial charge in [-0.25, -0.2) is 0 Å².